The Kier molecular flexibility index (Phi) is 4.50. The molecule has 0 spiro atoms. The first-order valence-electron chi connectivity index (χ1n) is 4.83. The number of halogens is 1. The molecule has 18 heavy (non-hydrogen) atoms. The summed E-state index contributed by atoms with van der Waals surface area (Å²) in [6.45, 7) is 1.69. The highest BCUT2D eigenvalue weighted by Crippen LogP contribution is 2.22. The maximum Gasteiger partial charge on any atom is 0.330 e. The summed E-state index contributed by atoms with van der Waals surface area (Å²) in [6.07, 6.45) is 0. The standard InChI is InChI=1S/C10H11ClN4O3/c1-5-6(11)3-2-4-7(5)13-8(16)9(17)14-15-10(12)18/h2-4H,1H3,(H,13,16)(H,14,17)(H3,12,15,18). The van der Waals surface area contributed by atoms with Gasteiger partial charge in [0.15, 0.2) is 0 Å². The van der Waals surface area contributed by atoms with Gasteiger partial charge in [0.1, 0.15) is 0 Å². The molecule has 0 fully saturated rings. The fourth-order valence-corrected chi connectivity index (χ4v) is 1.27. The SMILES string of the molecule is Cc1c(Cl)cccc1NC(=O)C(=O)NNC(N)=O. The maximum absolute atomic E-state index is 11.4. The van der Waals surface area contributed by atoms with Crippen molar-refractivity contribution in [3.05, 3.63) is 28.8 Å². The zero-order valence-corrected chi connectivity index (χ0v) is 10.2. The molecule has 5 N–H and O–H groups in total. The molecule has 0 unspecified atom stereocenters. The number of anilines is 1. The van der Waals surface area contributed by atoms with Gasteiger partial charge in [-0.3, -0.25) is 15.0 Å². The first-order valence-corrected chi connectivity index (χ1v) is 5.21. The van der Waals surface area contributed by atoms with Crippen LogP contribution in [0.3, 0.4) is 0 Å². The second-order valence-corrected chi connectivity index (χ2v) is 3.72. The van der Waals surface area contributed by atoms with E-state index in [-0.39, 0.29) is 0 Å². The highest BCUT2D eigenvalue weighted by molar-refractivity contribution is 6.40. The monoisotopic (exact) mass is 270 g/mol. The van der Waals surface area contributed by atoms with Gasteiger partial charge in [0.25, 0.3) is 0 Å². The van der Waals surface area contributed by atoms with Crippen LogP contribution in [0.4, 0.5) is 10.5 Å². The van der Waals surface area contributed by atoms with Crippen molar-refractivity contribution in [3.8, 4) is 0 Å². The number of nitrogens with one attached hydrogen (secondary N) is 3. The van der Waals surface area contributed by atoms with Gasteiger partial charge in [0.05, 0.1) is 0 Å². The molecular weight excluding hydrogens is 260 g/mol. The Bertz CT molecular complexity index is 504. The van der Waals surface area contributed by atoms with Crippen molar-refractivity contribution in [2.45, 2.75) is 6.92 Å². The first-order chi connectivity index (χ1) is 8.41. The molecule has 0 aliphatic heterocycles. The van der Waals surface area contributed by atoms with Crippen LogP contribution >= 0.6 is 11.6 Å². The van der Waals surface area contributed by atoms with Gasteiger partial charge in [0, 0.05) is 10.7 Å². The van der Waals surface area contributed by atoms with Crippen molar-refractivity contribution in [2.24, 2.45) is 5.73 Å². The fourth-order valence-electron chi connectivity index (χ4n) is 1.10. The Labute approximate surface area is 108 Å². The summed E-state index contributed by atoms with van der Waals surface area (Å²) in [6, 6.07) is 3.90. The third kappa shape index (κ3) is 3.63. The highest BCUT2D eigenvalue weighted by Gasteiger charge is 2.15. The van der Waals surface area contributed by atoms with Gasteiger partial charge in [-0.2, -0.15) is 0 Å². The number of hydrogen-bond donors (Lipinski definition) is 4. The van der Waals surface area contributed by atoms with E-state index in [1.165, 1.54) is 0 Å². The number of amides is 4. The summed E-state index contributed by atoms with van der Waals surface area (Å²) in [4.78, 5) is 33.0. The number of nitrogens with two attached hydrogens (primary N) is 1. The van der Waals surface area contributed by atoms with Crippen LogP contribution in [0.1, 0.15) is 5.56 Å². The van der Waals surface area contributed by atoms with Crippen LogP contribution in [0.2, 0.25) is 5.02 Å². The summed E-state index contributed by atoms with van der Waals surface area (Å²) in [5.74, 6) is -2.00. The average molecular weight is 271 g/mol. The summed E-state index contributed by atoms with van der Waals surface area (Å²) in [7, 11) is 0. The molecular formula is C10H11ClN4O3. The molecule has 0 saturated carbocycles. The Hall–Kier alpha value is -2.28. The van der Waals surface area contributed by atoms with Gasteiger partial charge < -0.3 is 11.1 Å². The molecule has 0 heterocycles. The van der Waals surface area contributed by atoms with E-state index >= 15 is 0 Å². The second kappa shape index (κ2) is 5.87. The third-order valence-electron chi connectivity index (χ3n) is 2.02. The predicted molar refractivity (Wildman–Crippen MR) is 65.7 cm³/mol. The minimum Gasteiger partial charge on any atom is -0.350 e. The van der Waals surface area contributed by atoms with Crippen molar-refractivity contribution >= 4 is 35.1 Å². The molecule has 4 amide bonds. The van der Waals surface area contributed by atoms with E-state index in [1.54, 1.807) is 30.5 Å². The molecule has 1 rings (SSSR count). The van der Waals surface area contributed by atoms with Crippen LogP contribution in [0.25, 0.3) is 0 Å². The lowest BCUT2D eigenvalue weighted by atomic mass is 10.2. The molecule has 0 aliphatic carbocycles. The quantitative estimate of drug-likeness (QED) is 0.434. The summed E-state index contributed by atoms with van der Waals surface area (Å²) in [5, 5.41) is 2.81. The van der Waals surface area contributed by atoms with Crippen molar-refractivity contribution in [2.75, 3.05) is 5.32 Å². The summed E-state index contributed by atoms with van der Waals surface area (Å²) < 4.78 is 0. The van der Waals surface area contributed by atoms with E-state index < -0.39 is 17.8 Å². The van der Waals surface area contributed by atoms with Crippen molar-refractivity contribution < 1.29 is 14.4 Å². The smallest absolute Gasteiger partial charge is 0.330 e. The normalized spacial score (nSPS) is 9.44. The number of hydrazine groups is 1. The molecule has 1 aromatic carbocycles. The Morgan fingerprint density at radius 3 is 2.44 bits per heavy atom. The van der Waals surface area contributed by atoms with Gasteiger partial charge in [-0.15, -0.1) is 0 Å². The predicted octanol–water partition coefficient (Wildman–Crippen LogP) is 0.286. The van der Waals surface area contributed by atoms with Crippen LogP contribution in [-0.4, -0.2) is 17.8 Å². The average Bonchev–Trinajstić information content (AvgIpc) is 2.31. The zero-order chi connectivity index (χ0) is 13.7. The molecule has 0 bridgehead atoms. The van der Waals surface area contributed by atoms with E-state index in [1.807, 2.05) is 5.43 Å². The number of primary amides is 1. The van der Waals surface area contributed by atoms with E-state index in [9.17, 15) is 14.4 Å². The van der Waals surface area contributed by atoms with E-state index in [0.29, 0.717) is 16.3 Å². The molecule has 7 nitrogen and oxygen atoms in total. The lowest BCUT2D eigenvalue weighted by Gasteiger charge is -2.09. The minimum absolute atomic E-state index is 0.404. The van der Waals surface area contributed by atoms with E-state index in [0.717, 1.165) is 0 Å². The van der Waals surface area contributed by atoms with Gasteiger partial charge in [-0.1, -0.05) is 17.7 Å². The molecule has 0 aliphatic rings. The van der Waals surface area contributed by atoms with Gasteiger partial charge in [0.2, 0.25) is 0 Å². The lowest BCUT2D eigenvalue weighted by Crippen LogP contribution is -2.48. The molecule has 1 aromatic rings. The third-order valence-corrected chi connectivity index (χ3v) is 2.43. The highest BCUT2D eigenvalue weighted by atomic mass is 35.5. The number of carbonyl (C=O) groups excluding carboxylic acids is 3. The van der Waals surface area contributed by atoms with Crippen LogP contribution in [0, 0.1) is 6.92 Å². The largest absolute Gasteiger partial charge is 0.350 e. The lowest BCUT2D eigenvalue weighted by molar-refractivity contribution is -0.136. The van der Waals surface area contributed by atoms with Gasteiger partial charge in [-0.05, 0) is 24.6 Å². The van der Waals surface area contributed by atoms with Crippen LogP contribution in [-0.2, 0) is 9.59 Å². The van der Waals surface area contributed by atoms with E-state index in [4.69, 9.17) is 17.3 Å². The first kappa shape index (κ1) is 13.8. The molecule has 0 saturated heterocycles. The zero-order valence-electron chi connectivity index (χ0n) is 9.41. The van der Waals surface area contributed by atoms with Gasteiger partial charge >= 0.3 is 17.8 Å². The molecule has 0 atom stereocenters. The van der Waals surface area contributed by atoms with Crippen LogP contribution in [0.15, 0.2) is 18.2 Å². The van der Waals surface area contributed by atoms with Crippen molar-refractivity contribution in [3.63, 3.8) is 0 Å². The molecule has 8 heteroatoms. The molecule has 96 valence electrons. The van der Waals surface area contributed by atoms with Crippen molar-refractivity contribution in [1.82, 2.24) is 10.9 Å². The van der Waals surface area contributed by atoms with E-state index in [2.05, 4.69) is 5.32 Å². The van der Waals surface area contributed by atoms with Crippen LogP contribution < -0.4 is 21.9 Å². The Morgan fingerprint density at radius 1 is 1.17 bits per heavy atom. The maximum atomic E-state index is 11.4. The number of hydrogen-bond acceptors (Lipinski definition) is 3. The van der Waals surface area contributed by atoms with Gasteiger partial charge in [-0.25, -0.2) is 10.2 Å². The summed E-state index contributed by atoms with van der Waals surface area (Å²) >= 11 is 5.85. The fraction of sp³-hybridized carbons (Fsp3) is 0.100. The summed E-state index contributed by atoms with van der Waals surface area (Å²) in [5.41, 5.74) is 9.37. The molecule has 0 aromatic heterocycles. The second-order valence-electron chi connectivity index (χ2n) is 3.31. The molecule has 0 radical (unpaired) electrons. The minimum atomic E-state index is -1.05. The number of rotatable bonds is 1. The van der Waals surface area contributed by atoms with Crippen LogP contribution in [0.5, 0.6) is 0 Å². The van der Waals surface area contributed by atoms with Crippen molar-refractivity contribution in [1.29, 1.82) is 0 Å². The number of urea groups is 1. The number of benzene rings is 1. The number of carbonyl (C=O) groups is 3. The Balaban J connectivity index is 2.67. The topological polar surface area (TPSA) is 113 Å². The Morgan fingerprint density at radius 2 is 1.83 bits per heavy atom.